The molecule has 0 atom stereocenters. The van der Waals surface area contributed by atoms with Crippen LogP contribution in [0, 0.1) is 11.2 Å². The van der Waals surface area contributed by atoms with Crippen LogP contribution in [0.4, 0.5) is 4.39 Å². The molecule has 2 heteroatoms. The van der Waals surface area contributed by atoms with Crippen molar-refractivity contribution < 1.29 is 4.39 Å². The standard InChI is InChI=1S/C12H16FN/c1-12(2)8-14(9-12)7-10-4-3-5-11(13)6-10/h3-6H,7-9H2,1-2H3. The Morgan fingerprint density at radius 2 is 2.07 bits per heavy atom. The highest BCUT2D eigenvalue weighted by atomic mass is 19.1. The molecule has 2 rings (SSSR count). The zero-order chi connectivity index (χ0) is 10.2. The van der Waals surface area contributed by atoms with Crippen molar-refractivity contribution in [1.29, 1.82) is 0 Å². The molecule has 0 amide bonds. The Morgan fingerprint density at radius 3 is 2.64 bits per heavy atom. The Balaban J connectivity index is 1.93. The predicted molar refractivity (Wildman–Crippen MR) is 55.5 cm³/mol. The second kappa shape index (κ2) is 3.35. The van der Waals surface area contributed by atoms with Crippen LogP contribution in [0.1, 0.15) is 19.4 Å². The van der Waals surface area contributed by atoms with Crippen molar-refractivity contribution in [2.45, 2.75) is 20.4 Å². The molecule has 1 heterocycles. The maximum atomic E-state index is 12.9. The Hall–Kier alpha value is -0.890. The molecule has 0 N–H and O–H groups in total. The largest absolute Gasteiger partial charge is 0.298 e. The van der Waals surface area contributed by atoms with Crippen molar-refractivity contribution in [2.75, 3.05) is 13.1 Å². The van der Waals surface area contributed by atoms with Gasteiger partial charge in [0.25, 0.3) is 0 Å². The summed E-state index contributed by atoms with van der Waals surface area (Å²) in [5.74, 6) is -0.137. The van der Waals surface area contributed by atoms with Gasteiger partial charge in [0.15, 0.2) is 0 Å². The summed E-state index contributed by atoms with van der Waals surface area (Å²) in [6, 6.07) is 6.86. The van der Waals surface area contributed by atoms with Crippen LogP contribution in [-0.2, 0) is 6.54 Å². The highest BCUT2D eigenvalue weighted by molar-refractivity contribution is 5.16. The highest BCUT2D eigenvalue weighted by Gasteiger charge is 2.33. The lowest BCUT2D eigenvalue weighted by atomic mass is 9.84. The molecule has 1 saturated heterocycles. The van der Waals surface area contributed by atoms with Crippen LogP contribution in [-0.4, -0.2) is 18.0 Å². The first kappa shape index (κ1) is 9.66. The first-order valence-corrected chi connectivity index (χ1v) is 5.02. The van der Waals surface area contributed by atoms with Crippen molar-refractivity contribution in [3.63, 3.8) is 0 Å². The summed E-state index contributed by atoms with van der Waals surface area (Å²) in [5.41, 5.74) is 1.52. The van der Waals surface area contributed by atoms with Gasteiger partial charge < -0.3 is 0 Å². The Morgan fingerprint density at radius 1 is 1.36 bits per heavy atom. The van der Waals surface area contributed by atoms with E-state index in [2.05, 4.69) is 18.7 Å². The van der Waals surface area contributed by atoms with E-state index in [0.29, 0.717) is 5.41 Å². The summed E-state index contributed by atoms with van der Waals surface area (Å²) in [4.78, 5) is 2.34. The molecule has 0 saturated carbocycles. The van der Waals surface area contributed by atoms with Gasteiger partial charge in [-0.3, -0.25) is 4.90 Å². The van der Waals surface area contributed by atoms with E-state index in [0.717, 1.165) is 25.2 Å². The van der Waals surface area contributed by atoms with Gasteiger partial charge in [-0.05, 0) is 23.1 Å². The lowest BCUT2D eigenvalue weighted by molar-refractivity contribution is 0.0242. The zero-order valence-corrected chi connectivity index (χ0v) is 8.76. The van der Waals surface area contributed by atoms with E-state index < -0.39 is 0 Å². The molecule has 1 aliphatic heterocycles. The van der Waals surface area contributed by atoms with Gasteiger partial charge in [0.1, 0.15) is 5.82 Å². The SMILES string of the molecule is CC1(C)CN(Cc2cccc(F)c2)C1. The van der Waals surface area contributed by atoms with E-state index in [1.165, 1.54) is 6.07 Å². The average Bonchev–Trinajstić information content (AvgIpc) is 2.00. The molecule has 1 nitrogen and oxygen atoms in total. The van der Waals surface area contributed by atoms with Crippen LogP contribution in [0.25, 0.3) is 0 Å². The molecule has 1 fully saturated rings. The molecule has 0 bridgehead atoms. The minimum atomic E-state index is -0.137. The summed E-state index contributed by atoms with van der Waals surface area (Å²) in [6.07, 6.45) is 0. The molecule has 0 aliphatic carbocycles. The molecule has 0 radical (unpaired) electrons. The molecule has 0 unspecified atom stereocenters. The van der Waals surface area contributed by atoms with Crippen molar-refractivity contribution in [3.8, 4) is 0 Å². The molecule has 0 aromatic heterocycles. The number of hydrogen-bond acceptors (Lipinski definition) is 1. The van der Waals surface area contributed by atoms with E-state index in [9.17, 15) is 4.39 Å². The van der Waals surface area contributed by atoms with Crippen molar-refractivity contribution >= 4 is 0 Å². The van der Waals surface area contributed by atoms with Gasteiger partial charge in [-0.1, -0.05) is 26.0 Å². The number of benzene rings is 1. The quantitative estimate of drug-likeness (QED) is 0.698. The van der Waals surface area contributed by atoms with Gasteiger partial charge >= 0.3 is 0 Å². The number of hydrogen-bond donors (Lipinski definition) is 0. The molecular weight excluding hydrogens is 177 g/mol. The third-order valence-electron chi connectivity index (χ3n) is 2.60. The van der Waals surface area contributed by atoms with Gasteiger partial charge in [-0.2, -0.15) is 0 Å². The van der Waals surface area contributed by atoms with Gasteiger partial charge in [-0.25, -0.2) is 4.39 Å². The Kier molecular flexibility index (Phi) is 2.31. The molecule has 76 valence electrons. The summed E-state index contributed by atoms with van der Waals surface area (Å²) in [7, 11) is 0. The first-order chi connectivity index (χ1) is 6.55. The zero-order valence-electron chi connectivity index (χ0n) is 8.76. The number of rotatable bonds is 2. The van der Waals surface area contributed by atoms with E-state index in [4.69, 9.17) is 0 Å². The minimum Gasteiger partial charge on any atom is -0.298 e. The topological polar surface area (TPSA) is 3.24 Å². The maximum absolute atomic E-state index is 12.9. The normalized spacial score (nSPS) is 20.5. The minimum absolute atomic E-state index is 0.137. The summed E-state index contributed by atoms with van der Waals surface area (Å²) >= 11 is 0. The number of halogens is 1. The molecule has 1 aromatic carbocycles. The van der Waals surface area contributed by atoms with Crippen molar-refractivity contribution in [2.24, 2.45) is 5.41 Å². The molecule has 1 aliphatic rings. The number of nitrogens with zero attached hydrogens (tertiary/aromatic N) is 1. The number of likely N-dealkylation sites (tertiary alicyclic amines) is 1. The third-order valence-corrected chi connectivity index (χ3v) is 2.60. The van der Waals surface area contributed by atoms with Gasteiger partial charge in [0.05, 0.1) is 0 Å². The Labute approximate surface area is 84.5 Å². The Bertz CT molecular complexity index is 325. The summed E-state index contributed by atoms with van der Waals surface area (Å²) < 4.78 is 12.9. The fraction of sp³-hybridized carbons (Fsp3) is 0.500. The molecule has 1 aromatic rings. The monoisotopic (exact) mass is 193 g/mol. The fourth-order valence-electron chi connectivity index (χ4n) is 2.17. The van der Waals surface area contributed by atoms with E-state index >= 15 is 0 Å². The fourth-order valence-corrected chi connectivity index (χ4v) is 2.17. The van der Waals surface area contributed by atoms with Gasteiger partial charge in [-0.15, -0.1) is 0 Å². The van der Waals surface area contributed by atoms with Crippen LogP contribution < -0.4 is 0 Å². The van der Waals surface area contributed by atoms with Crippen molar-refractivity contribution in [1.82, 2.24) is 4.90 Å². The second-order valence-corrected chi connectivity index (χ2v) is 4.94. The highest BCUT2D eigenvalue weighted by Crippen LogP contribution is 2.29. The lowest BCUT2D eigenvalue weighted by Crippen LogP contribution is -2.52. The third kappa shape index (κ3) is 2.13. The molecule has 0 spiro atoms. The summed E-state index contributed by atoms with van der Waals surface area (Å²) in [5, 5.41) is 0. The lowest BCUT2D eigenvalue weighted by Gasteiger charge is -2.46. The van der Waals surface area contributed by atoms with Gasteiger partial charge in [0, 0.05) is 19.6 Å². The predicted octanol–water partition coefficient (Wildman–Crippen LogP) is 2.67. The second-order valence-electron chi connectivity index (χ2n) is 4.94. The van der Waals surface area contributed by atoms with Crippen LogP contribution in [0.3, 0.4) is 0 Å². The van der Waals surface area contributed by atoms with Crippen LogP contribution >= 0.6 is 0 Å². The summed E-state index contributed by atoms with van der Waals surface area (Å²) in [6.45, 7) is 7.62. The smallest absolute Gasteiger partial charge is 0.123 e. The van der Waals surface area contributed by atoms with E-state index in [1.807, 2.05) is 6.07 Å². The van der Waals surface area contributed by atoms with Crippen LogP contribution in [0.2, 0.25) is 0 Å². The van der Waals surface area contributed by atoms with E-state index in [1.54, 1.807) is 12.1 Å². The van der Waals surface area contributed by atoms with Gasteiger partial charge in [0.2, 0.25) is 0 Å². The van der Waals surface area contributed by atoms with Crippen LogP contribution in [0.5, 0.6) is 0 Å². The average molecular weight is 193 g/mol. The molecule has 14 heavy (non-hydrogen) atoms. The van der Waals surface area contributed by atoms with E-state index in [-0.39, 0.29) is 5.82 Å². The van der Waals surface area contributed by atoms with Crippen LogP contribution in [0.15, 0.2) is 24.3 Å². The first-order valence-electron chi connectivity index (χ1n) is 5.02. The molecular formula is C12H16FN. The van der Waals surface area contributed by atoms with Crippen molar-refractivity contribution in [3.05, 3.63) is 35.6 Å². The maximum Gasteiger partial charge on any atom is 0.123 e.